The first-order chi connectivity index (χ1) is 10.5. The molecule has 0 N–H and O–H groups in total. The summed E-state index contributed by atoms with van der Waals surface area (Å²) in [6.07, 6.45) is 1.75. The van der Waals surface area contributed by atoms with Gasteiger partial charge in [-0.2, -0.15) is 5.26 Å². The zero-order valence-electron chi connectivity index (χ0n) is 14.6. The van der Waals surface area contributed by atoms with E-state index in [1.54, 1.807) is 0 Å². The third-order valence-electron chi connectivity index (χ3n) is 4.85. The fraction of sp³-hybridized carbons (Fsp3) is 0.632. The Morgan fingerprint density at radius 3 is 2.55 bits per heavy atom. The fourth-order valence-corrected chi connectivity index (χ4v) is 3.71. The summed E-state index contributed by atoms with van der Waals surface area (Å²) < 4.78 is 6.14. The molecule has 0 saturated heterocycles. The Balaban J connectivity index is 2.77. The molecule has 0 aliphatic carbocycles. The number of hydrogen-bond donors (Lipinski definition) is 0. The van der Waals surface area contributed by atoms with Crippen LogP contribution in [0.2, 0.25) is 0 Å². The molecule has 0 amide bonds. The lowest BCUT2D eigenvalue weighted by Gasteiger charge is -2.39. The van der Waals surface area contributed by atoms with Crippen LogP contribution in [0.5, 0.6) is 5.75 Å². The lowest BCUT2D eigenvalue weighted by atomic mass is 9.80. The maximum atomic E-state index is 10.2. The Labute approximate surface area is 134 Å². The summed E-state index contributed by atoms with van der Waals surface area (Å²) in [5, 5.41) is 10.2. The summed E-state index contributed by atoms with van der Waals surface area (Å²) in [6, 6.07) is 6.98. The largest absolute Gasteiger partial charge is 0.493 e. The molecule has 0 bridgehead atoms. The highest BCUT2D eigenvalue weighted by atomic mass is 16.5. The van der Waals surface area contributed by atoms with Crippen LogP contribution in [0.15, 0.2) is 12.1 Å². The van der Waals surface area contributed by atoms with E-state index in [4.69, 9.17) is 4.74 Å². The number of aryl methyl sites for hydroxylation is 1. The van der Waals surface area contributed by atoms with Gasteiger partial charge < -0.3 is 4.74 Å². The van der Waals surface area contributed by atoms with Gasteiger partial charge in [-0.3, -0.25) is 4.90 Å². The molecule has 1 aromatic carbocycles. The summed E-state index contributed by atoms with van der Waals surface area (Å²) in [5.41, 5.74) is 2.91. The summed E-state index contributed by atoms with van der Waals surface area (Å²) >= 11 is 0. The molecule has 0 spiro atoms. The molecule has 1 aliphatic rings. The SMILES string of the molecule is CCN(CC)C1(C#N)CCCOc2c(C(C)C)ccc(C)c21. The second-order valence-electron chi connectivity index (χ2n) is 6.43. The van der Waals surface area contributed by atoms with E-state index in [2.05, 4.69) is 57.7 Å². The average molecular weight is 300 g/mol. The molecule has 3 heteroatoms. The van der Waals surface area contributed by atoms with Gasteiger partial charge in [0.1, 0.15) is 11.3 Å². The highest BCUT2D eigenvalue weighted by Gasteiger charge is 2.42. The normalized spacial score (nSPS) is 21.2. The van der Waals surface area contributed by atoms with Crippen molar-refractivity contribution in [2.45, 2.75) is 58.9 Å². The monoisotopic (exact) mass is 300 g/mol. The Morgan fingerprint density at radius 1 is 1.32 bits per heavy atom. The lowest BCUT2D eigenvalue weighted by Crippen LogP contribution is -2.45. The topological polar surface area (TPSA) is 36.3 Å². The molecule has 0 radical (unpaired) electrons. The number of nitriles is 1. The first-order valence-corrected chi connectivity index (χ1v) is 8.44. The van der Waals surface area contributed by atoms with Crippen molar-refractivity contribution in [2.75, 3.05) is 19.7 Å². The number of ether oxygens (including phenoxy) is 1. The van der Waals surface area contributed by atoms with Crippen LogP contribution in [0.1, 0.15) is 63.1 Å². The minimum absolute atomic E-state index is 0.389. The zero-order chi connectivity index (χ0) is 16.3. The Kier molecular flexibility index (Phi) is 5.13. The number of fused-ring (bicyclic) bond motifs is 1. The molecule has 1 heterocycles. The average Bonchev–Trinajstić information content (AvgIpc) is 2.70. The predicted octanol–water partition coefficient (Wildman–Crippen LogP) is 4.35. The standard InChI is InChI=1S/C19H28N2O/c1-6-21(7-2)19(13-20)11-8-12-22-18-16(14(3)4)10-9-15(5)17(18)19/h9-10,14H,6-8,11-12H2,1-5H3. The Bertz CT molecular complexity index is 570. The maximum Gasteiger partial charge on any atom is 0.138 e. The van der Waals surface area contributed by atoms with Gasteiger partial charge in [0.25, 0.3) is 0 Å². The third kappa shape index (κ3) is 2.61. The summed E-state index contributed by atoms with van der Waals surface area (Å²) in [5.74, 6) is 1.35. The van der Waals surface area contributed by atoms with Crippen LogP contribution < -0.4 is 4.74 Å². The molecule has 3 nitrogen and oxygen atoms in total. The van der Waals surface area contributed by atoms with Gasteiger partial charge in [-0.25, -0.2) is 0 Å². The molecule has 0 saturated carbocycles. The van der Waals surface area contributed by atoms with Crippen molar-refractivity contribution in [1.82, 2.24) is 4.90 Å². The van der Waals surface area contributed by atoms with E-state index in [0.29, 0.717) is 12.5 Å². The van der Waals surface area contributed by atoms with Gasteiger partial charge in [-0.1, -0.05) is 39.8 Å². The second-order valence-corrected chi connectivity index (χ2v) is 6.43. The predicted molar refractivity (Wildman–Crippen MR) is 90.2 cm³/mol. The van der Waals surface area contributed by atoms with E-state index >= 15 is 0 Å². The van der Waals surface area contributed by atoms with Gasteiger partial charge >= 0.3 is 0 Å². The Hall–Kier alpha value is -1.53. The van der Waals surface area contributed by atoms with Crippen LogP contribution in [-0.2, 0) is 5.54 Å². The number of rotatable bonds is 4. The molecule has 22 heavy (non-hydrogen) atoms. The van der Waals surface area contributed by atoms with Gasteiger partial charge in [0, 0.05) is 5.56 Å². The molecule has 1 atom stereocenters. The van der Waals surface area contributed by atoms with Crippen molar-refractivity contribution < 1.29 is 4.74 Å². The maximum absolute atomic E-state index is 10.2. The van der Waals surface area contributed by atoms with E-state index in [-0.39, 0.29) is 0 Å². The molecular formula is C19H28N2O. The van der Waals surface area contributed by atoms with Gasteiger partial charge in [0.05, 0.1) is 12.7 Å². The van der Waals surface area contributed by atoms with Crippen molar-refractivity contribution in [2.24, 2.45) is 0 Å². The van der Waals surface area contributed by atoms with Crippen molar-refractivity contribution >= 4 is 0 Å². The van der Waals surface area contributed by atoms with Crippen LogP contribution >= 0.6 is 0 Å². The highest BCUT2D eigenvalue weighted by Crippen LogP contribution is 2.45. The molecule has 0 fully saturated rings. The minimum atomic E-state index is -0.565. The third-order valence-corrected chi connectivity index (χ3v) is 4.85. The lowest BCUT2D eigenvalue weighted by molar-refractivity contribution is 0.141. The van der Waals surface area contributed by atoms with E-state index in [9.17, 15) is 5.26 Å². The van der Waals surface area contributed by atoms with Crippen molar-refractivity contribution in [3.05, 3.63) is 28.8 Å². The van der Waals surface area contributed by atoms with Crippen LogP contribution in [0, 0.1) is 18.3 Å². The van der Waals surface area contributed by atoms with Gasteiger partial charge in [0.15, 0.2) is 0 Å². The van der Waals surface area contributed by atoms with Crippen LogP contribution in [0.25, 0.3) is 0 Å². The minimum Gasteiger partial charge on any atom is -0.493 e. The molecule has 0 aromatic heterocycles. The van der Waals surface area contributed by atoms with E-state index in [0.717, 1.165) is 42.8 Å². The fourth-order valence-electron chi connectivity index (χ4n) is 3.71. The van der Waals surface area contributed by atoms with Crippen LogP contribution in [0.3, 0.4) is 0 Å². The van der Waals surface area contributed by atoms with E-state index < -0.39 is 5.54 Å². The first kappa shape index (κ1) is 16.8. The van der Waals surface area contributed by atoms with Crippen molar-refractivity contribution in [1.29, 1.82) is 5.26 Å². The van der Waals surface area contributed by atoms with Crippen LogP contribution in [0.4, 0.5) is 0 Å². The van der Waals surface area contributed by atoms with Gasteiger partial charge in [-0.05, 0) is 49.9 Å². The number of hydrogen-bond acceptors (Lipinski definition) is 3. The molecular weight excluding hydrogens is 272 g/mol. The molecule has 2 rings (SSSR count). The summed E-state index contributed by atoms with van der Waals surface area (Å²) in [6.45, 7) is 13.2. The summed E-state index contributed by atoms with van der Waals surface area (Å²) in [7, 11) is 0. The van der Waals surface area contributed by atoms with E-state index in [1.807, 2.05) is 0 Å². The Morgan fingerprint density at radius 2 is 2.00 bits per heavy atom. The first-order valence-electron chi connectivity index (χ1n) is 8.44. The molecule has 1 aliphatic heterocycles. The second kappa shape index (κ2) is 6.71. The molecule has 1 unspecified atom stereocenters. The summed E-state index contributed by atoms with van der Waals surface area (Å²) in [4.78, 5) is 2.29. The quantitative estimate of drug-likeness (QED) is 0.829. The molecule has 120 valence electrons. The van der Waals surface area contributed by atoms with Gasteiger partial charge in [-0.15, -0.1) is 0 Å². The number of nitrogens with zero attached hydrogens (tertiary/aromatic N) is 2. The van der Waals surface area contributed by atoms with Crippen molar-refractivity contribution in [3.8, 4) is 11.8 Å². The number of benzene rings is 1. The van der Waals surface area contributed by atoms with Crippen molar-refractivity contribution in [3.63, 3.8) is 0 Å². The smallest absolute Gasteiger partial charge is 0.138 e. The highest BCUT2D eigenvalue weighted by molar-refractivity contribution is 5.54. The van der Waals surface area contributed by atoms with Gasteiger partial charge in [0.2, 0.25) is 0 Å². The zero-order valence-corrected chi connectivity index (χ0v) is 14.6. The van der Waals surface area contributed by atoms with E-state index in [1.165, 1.54) is 5.56 Å². The molecule has 1 aromatic rings. The van der Waals surface area contributed by atoms with Crippen LogP contribution in [-0.4, -0.2) is 24.6 Å².